The second kappa shape index (κ2) is 33.3. The second-order valence-corrected chi connectivity index (χ2v) is 16.1. The van der Waals surface area contributed by atoms with Crippen LogP contribution in [0.1, 0.15) is 168 Å². The third-order valence-electron chi connectivity index (χ3n) is 8.44. The van der Waals surface area contributed by atoms with Gasteiger partial charge in [-0.05, 0) is 64.2 Å². The van der Waals surface area contributed by atoms with Gasteiger partial charge in [0.25, 0.3) is 7.82 Å². The molecule has 0 saturated carbocycles. The first kappa shape index (κ1) is 48.5. The number of esters is 2. The van der Waals surface area contributed by atoms with Gasteiger partial charge in [-0.2, -0.15) is 0 Å². The Morgan fingerprint density at radius 3 is 1.48 bits per heavy atom. The lowest BCUT2D eigenvalue weighted by molar-refractivity contribution is -0.870. The van der Waals surface area contributed by atoms with Crippen LogP contribution >= 0.6 is 7.82 Å². The minimum absolute atomic E-state index is 0.0349. The summed E-state index contributed by atoms with van der Waals surface area (Å²) in [5, 5.41) is 0. The molecule has 0 aliphatic carbocycles. The van der Waals surface area contributed by atoms with E-state index in [0.717, 1.165) is 51.4 Å². The van der Waals surface area contributed by atoms with E-state index in [1.54, 1.807) is 0 Å². The molecule has 10 heteroatoms. The molecule has 0 N–H and O–H groups in total. The number of carbonyl (C=O) groups excluding carboxylic acids is 2. The Morgan fingerprint density at radius 2 is 1.02 bits per heavy atom. The van der Waals surface area contributed by atoms with E-state index in [1.807, 2.05) is 21.1 Å². The zero-order valence-electron chi connectivity index (χ0n) is 32.8. The minimum atomic E-state index is -4.62. The van der Waals surface area contributed by atoms with E-state index in [4.69, 9.17) is 18.5 Å². The number of hydrogen-bond acceptors (Lipinski definition) is 8. The number of nitrogens with zero attached hydrogens (tertiary/aromatic N) is 1. The van der Waals surface area contributed by atoms with Crippen LogP contribution in [0, 0.1) is 0 Å². The lowest BCUT2D eigenvalue weighted by atomic mass is 10.1. The van der Waals surface area contributed by atoms with Gasteiger partial charge < -0.3 is 27.9 Å². The first-order valence-corrected chi connectivity index (χ1v) is 21.5. The van der Waals surface area contributed by atoms with Crippen molar-refractivity contribution in [3.63, 3.8) is 0 Å². The van der Waals surface area contributed by atoms with Gasteiger partial charge in [0.05, 0.1) is 27.7 Å². The van der Waals surface area contributed by atoms with E-state index in [9.17, 15) is 19.0 Å². The van der Waals surface area contributed by atoms with E-state index in [1.165, 1.54) is 77.0 Å². The number of allylic oxidation sites excluding steroid dienone is 4. The Labute approximate surface area is 307 Å². The highest BCUT2D eigenvalue weighted by molar-refractivity contribution is 7.45. The SMILES string of the molecule is CCCCCCCC/C=C/CCCCCC(=O)OC[C@H](COP(=O)([O-])OCC[N+](C)(C)C)OC(=O)CCCCC/C=C/CCCCCCCC. The van der Waals surface area contributed by atoms with Crippen molar-refractivity contribution < 1.29 is 42.1 Å². The van der Waals surface area contributed by atoms with Gasteiger partial charge in [0.1, 0.15) is 19.8 Å². The number of unbranched alkanes of at least 4 members (excludes halogenated alkanes) is 18. The van der Waals surface area contributed by atoms with Gasteiger partial charge >= 0.3 is 11.9 Å². The Hall–Kier alpha value is -1.51. The van der Waals surface area contributed by atoms with Crippen LogP contribution in [0.3, 0.4) is 0 Å². The fourth-order valence-electron chi connectivity index (χ4n) is 5.23. The molecular weight excluding hydrogens is 653 g/mol. The number of quaternary nitrogens is 1. The molecule has 0 bridgehead atoms. The van der Waals surface area contributed by atoms with E-state index >= 15 is 0 Å². The second-order valence-electron chi connectivity index (χ2n) is 14.6. The standard InChI is InChI=1S/C40H76NO8P/c1-6-8-10-12-14-16-18-20-22-24-26-28-30-32-39(42)46-36-38(37-48-50(44,45)47-35-34-41(3,4)5)49-40(43)33-31-29-27-25-23-21-19-17-15-13-11-9-7-2/h20-23,38H,6-19,24-37H2,1-5H3/b22-20+,23-21+/t38-/m1/s1. The van der Waals surface area contributed by atoms with Crippen LogP contribution in [0.2, 0.25) is 0 Å². The van der Waals surface area contributed by atoms with Crippen molar-refractivity contribution in [3.8, 4) is 0 Å². The van der Waals surface area contributed by atoms with Crippen molar-refractivity contribution in [2.45, 2.75) is 174 Å². The molecule has 0 saturated heterocycles. The third-order valence-corrected chi connectivity index (χ3v) is 9.41. The van der Waals surface area contributed by atoms with Crippen molar-refractivity contribution in [2.24, 2.45) is 0 Å². The summed E-state index contributed by atoms with van der Waals surface area (Å²) in [6.07, 6.45) is 33.5. The fraction of sp³-hybridized carbons (Fsp3) is 0.850. The number of ether oxygens (including phenoxy) is 2. The normalized spacial score (nSPS) is 14.0. The van der Waals surface area contributed by atoms with Crippen molar-refractivity contribution in [3.05, 3.63) is 24.3 Å². The summed E-state index contributed by atoms with van der Waals surface area (Å²) in [6.45, 7) is 4.16. The van der Waals surface area contributed by atoms with Crippen LogP contribution in [0.25, 0.3) is 0 Å². The molecule has 0 aromatic heterocycles. The monoisotopic (exact) mass is 730 g/mol. The van der Waals surface area contributed by atoms with Crippen molar-refractivity contribution in [1.29, 1.82) is 0 Å². The Morgan fingerprint density at radius 1 is 0.600 bits per heavy atom. The first-order valence-electron chi connectivity index (χ1n) is 20.0. The lowest BCUT2D eigenvalue weighted by Crippen LogP contribution is -2.37. The molecule has 50 heavy (non-hydrogen) atoms. The topological polar surface area (TPSA) is 111 Å². The number of carbonyl (C=O) groups is 2. The highest BCUT2D eigenvalue weighted by Gasteiger charge is 2.21. The highest BCUT2D eigenvalue weighted by atomic mass is 31.2. The third kappa shape index (κ3) is 36.3. The molecule has 0 aliphatic heterocycles. The highest BCUT2D eigenvalue weighted by Crippen LogP contribution is 2.38. The Balaban J connectivity index is 4.47. The van der Waals surface area contributed by atoms with Crippen LogP contribution in [0.15, 0.2) is 24.3 Å². The molecular formula is C40H76NO8P. The molecule has 0 radical (unpaired) electrons. The maximum atomic E-state index is 12.6. The number of phosphoric ester groups is 1. The molecule has 0 spiro atoms. The minimum Gasteiger partial charge on any atom is -0.756 e. The molecule has 294 valence electrons. The maximum Gasteiger partial charge on any atom is 0.306 e. The number of likely N-dealkylation sites (N-methyl/N-ethyl adjacent to an activating group) is 1. The summed E-state index contributed by atoms with van der Waals surface area (Å²) in [6, 6.07) is 0. The van der Waals surface area contributed by atoms with Crippen molar-refractivity contribution in [1.82, 2.24) is 0 Å². The average Bonchev–Trinajstić information content (AvgIpc) is 3.06. The molecule has 0 heterocycles. The van der Waals surface area contributed by atoms with Gasteiger partial charge in [-0.15, -0.1) is 0 Å². The van der Waals surface area contributed by atoms with Gasteiger partial charge in [0.2, 0.25) is 0 Å². The van der Waals surface area contributed by atoms with Crippen LogP contribution in [-0.2, 0) is 32.7 Å². The van der Waals surface area contributed by atoms with Gasteiger partial charge in [0.15, 0.2) is 6.10 Å². The quantitative estimate of drug-likeness (QED) is 0.0206. The summed E-state index contributed by atoms with van der Waals surface area (Å²) < 4.78 is 33.7. The van der Waals surface area contributed by atoms with Gasteiger partial charge in [0, 0.05) is 12.8 Å². The maximum absolute atomic E-state index is 12.6. The van der Waals surface area contributed by atoms with Gasteiger partial charge in [-0.1, -0.05) is 115 Å². The Kier molecular flexibility index (Phi) is 32.3. The van der Waals surface area contributed by atoms with Crippen molar-refractivity contribution >= 4 is 19.8 Å². The van der Waals surface area contributed by atoms with Crippen molar-refractivity contribution in [2.75, 3.05) is 47.5 Å². The molecule has 2 atom stereocenters. The van der Waals surface area contributed by atoms with E-state index in [0.29, 0.717) is 23.9 Å². The smallest absolute Gasteiger partial charge is 0.306 e. The molecule has 0 amide bonds. The molecule has 0 rings (SSSR count). The number of hydrogen-bond donors (Lipinski definition) is 0. The van der Waals surface area contributed by atoms with Crippen LogP contribution in [0.5, 0.6) is 0 Å². The van der Waals surface area contributed by atoms with E-state index < -0.39 is 32.5 Å². The van der Waals surface area contributed by atoms with Gasteiger partial charge in [-0.3, -0.25) is 14.2 Å². The summed E-state index contributed by atoms with van der Waals surface area (Å²) in [5.74, 6) is -0.872. The zero-order chi connectivity index (χ0) is 37.2. The number of rotatable bonds is 36. The summed E-state index contributed by atoms with van der Waals surface area (Å²) in [4.78, 5) is 37.3. The van der Waals surface area contributed by atoms with Crippen LogP contribution in [0.4, 0.5) is 0 Å². The zero-order valence-corrected chi connectivity index (χ0v) is 33.7. The van der Waals surface area contributed by atoms with Crippen LogP contribution < -0.4 is 4.89 Å². The number of phosphoric acid groups is 1. The molecule has 9 nitrogen and oxygen atoms in total. The average molecular weight is 730 g/mol. The summed E-state index contributed by atoms with van der Waals surface area (Å²) in [5.41, 5.74) is 0. The van der Waals surface area contributed by atoms with E-state index in [2.05, 4.69) is 38.2 Å². The predicted molar refractivity (Wildman–Crippen MR) is 204 cm³/mol. The summed E-state index contributed by atoms with van der Waals surface area (Å²) >= 11 is 0. The molecule has 0 aromatic carbocycles. The molecule has 0 aliphatic rings. The first-order chi connectivity index (χ1) is 24.0. The molecule has 1 unspecified atom stereocenters. The predicted octanol–water partition coefficient (Wildman–Crippen LogP) is 10.2. The molecule has 0 aromatic rings. The summed E-state index contributed by atoms with van der Waals surface area (Å²) in [7, 11) is 1.15. The van der Waals surface area contributed by atoms with E-state index in [-0.39, 0.29) is 26.1 Å². The van der Waals surface area contributed by atoms with Crippen LogP contribution in [-0.4, -0.2) is 70.0 Å². The van der Waals surface area contributed by atoms with Gasteiger partial charge in [-0.25, -0.2) is 0 Å². The fourth-order valence-corrected chi connectivity index (χ4v) is 5.96. The molecule has 0 fully saturated rings. The Bertz CT molecular complexity index is 918. The largest absolute Gasteiger partial charge is 0.756 e. The lowest BCUT2D eigenvalue weighted by Gasteiger charge is -2.28.